The first-order valence-electron chi connectivity index (χ1n) is 2.62. The topological polar surface area (TPSA) is 0 Å². The van der Waals surface area contributed by atoms with Crippen molar-refractivity contribution in [3.63, 3.8) is 0 Å². The third-order valence-corrected chi connectivity index (χ3v) is 4.96. The van der Waals surface area contributed by atoms with E-state index >= 15 is 0 Å². The molecule has 0 spiro atoms. The fourth-order valence-corrected chi connectivity index (χ4v) is 2.17. The van der Waals surface area contributed by atoms with E-state index in [1.165, 1.54) is 8.90 Å². The van der Waals surface area contributed by atoms with Gasteiger partial charge in [0.1, 0.15) is 0 Å². The van der Waals surface area contributed by atoms with Crippen molar-refractivity contribution in [2.45, 2.75) is 0 Å². The quantitative estimate of drug-likeness (QED) is 0.642. The maximum Gasteiger partial charge on any atom is 0.260 e. The molecule has 0 aliphatic rings. The van der Waals surface area contributed by atoms with Gasteiger partial charge in [-0.15, -0.1) is 16.8 Å². The van der Waals surface area contributed by atoms with Crippen molar-refractivity contribution in [1.29, 1.82) is 0 Å². The van der Waals surface area contributed by atoms with Gasteiger partial charge in [0.25, 0.3) is 16.3 Å². The van der Waals surface area contributed by atoms with Gasteiger partial charge in [0.2, 0.25) is 0 Å². The summed E-state index contributed by atoms with van der Waals surface area (Å²) in [4.78, 5) is 0. The van der Waals surface area contributed by atoms with Crippen LogP contribution in [0.5, 0.6) is 0 Å². The van der Waals surface area contributed by atoms with E-state index < -0.39 is 0 Å². The summed E-state index contributed by atoms with van der Waals surface area (Å²) in [6.07, 6.45) is 0. The fourth-order valence-electron chi connectivity index (χ4n) is 0.612. The van der Waals surface area contributed by atoms with E-state index in [1.807, 2.05) is 6.07 Å². The van der Waals surface area contributed by atoms with Gasteiger partial charge in [-0.05, 0) is 22.0 Å². The lowest BCUT2D eigenvalue weighted by Crippen LogP contribution is -2.02. The average Bonchev–Trinajstić information content (AvgIpc) is 1.83. The predicted octanol–water partition coefficient (Wildman–Crippen LogP) is 1.89. The molecule has 0 unspecified atom stereocenters. The van der Waals surface area contributed by atoms with E-state index in [0.29, 0.717) is 0 Å². The predicted molar refractivity (Wildman–Crippen MR) is 57.3 cm³/mol. The Hall–Kier alpha value is 1.00. The highest BCUT2D eigenvalue weighted by atomic mass is 79.9. The van der Waals surface area contributed by atoms with E-state index in [1.54, 1.807) is 0 Å². The molecule has 0 aliphatic carbocycles. The molecule has 0 fully saturated rings. The second kappa shape index (κ2) is 4.79. The molecule has 0 aliphatic heterocycles. The molecule has 10 heavy (non-hydrogen) atoms. The van der Waals surface area contributed by atoms with Gasteiger partial charge >= 0.3 is 0 Å². The number of rotatable bonds is 0. The smallest absolute Gasteiger partial charge is 0.147 e. The molecule has 4 heteroatoms. The molecular weight excluding hydrogens is 294 g/mol. The first-order chi connectivity index (χ1) is 4.22. The van der Waals surface area contributed by atoms with E-state index in [-0.39, 0.29) is 12.4 Å². The van der Waals surface area contributed by atoms with Crippen molar-refractivity contribution < 1.29 is 0 Å². The molecule has 1 aromatic carbocycles. The van der Waals surface area contributed by atoms with Gasteiger partial charge in [0.05, 0.1) is 0 Å². The Bertz CT molecular complexity index is 207. The number of benzene rings is 1. The highest BCUT2D eigenvalue weighted by Crippen LogP contribution is 2.18. The third kappa shape index (κ3) is 2.56. The monoisotopic (exact) mass is 298 g/mol. The Morgan fingerprint density at radius 3 is 2.20 bits per heavy atom. The van der Waals surface area contributed by atoms with Crippen molar-refractivity contribution >= 4 is 65.0 Å². The second-order valence-electron chi connectivity index (χ2n) is 1.87. The summed E-state index contributed by atoms with van der Waals surface area (Å²) < 4.78 is 3.75. The summed E-state index contributed by atoms with van der Waals surface area (Å²) in [5.74, 6) is 0. The van der Waals surface area contributed by atoms with Gasteiger partial charge in [-0.1, -0.05) is 28.1 Å². The maximum absolute atomic E-state index is 3.47. The Morgan fingerprint density at radius 1 is 1.20 bits per heavy atom. The Labute approximate surface area is 91.5 Å². The molecule has 0 nitrogen and oxygen atoms in total. The lowest BCUT2D eigenvalue weighted by molar-refractivity contribution is 1.64. The second-order valence-corrected chi connectivity index (χ2v) is 4.60. The Morgan fingerprint density at radius 2 is 1.80 bits per heavy atom. The van der Waals surface area contributed by atoms with Crippen LogP contribution in [0, 0.1) is 0 Å². The summed E-state index contributed by atoms with van der Waals surface area (Å²) in [6.45, 7) is 0. The van der Waals surface area contributed by atoms with Crippen molar-refractivity contribution in [2.24, 2.45) is 0 Å². The molecule has 0 N–H and O–H groups in total. The molecule has 1 aromatic rings. The van der Waals surface area contributed by atoms with E-state index in [4.69, 9.17) is 0 Å². The van der Waals surface area contributed by atoms with Gasteiger partial charge in [-0.25, -0.2) is 0 Å². The minimum Gasteiger partial charge on any atom is -0.147 e. The van der Waals surface area contributed by atoms with Crippen LogP contribution in [0.25, 0.3) is 0 Å². The van der Waals surface area contributed by atoms with Gasteiger partial charge < -0.3 is 0 Å². The third-order valence-electron chi connectivity index (χ3n) is 1.14. The zero-order valence-corrected chi connectivity index (χ0v) is 11.4. The largest absolute Gasteiger partial charge is 0.260 e. The van der Waals surface area contributed by atoms with Crippen LogP contribution in [0.1, 0.15) is 0 Å². The van der Waals surface area contributed by atoms with Crippen molar-refractivity contribution in [3.8, 4) is 0 Å². The maximum atomic E-state index is 3.47. The van der Waals surface area contributed by atoms with Crippen LogP contribution < -0.4 is 4.43 Å². The summed E-state index contributed by atoms with van der Waals surface area (Å²) >= 11 is 7.99. The number of hydrogen-bond donors (Lipinski definition) is 0. The average molecular weight is 300 g/mol. The van der Waals surface area contributed by atoms with E-state index in [9.17, 15) is 0 Å². The first kappa shape index (κ1) is 11.0. The Kier molecular flexibility index (Phi) is 5.28. The zero-order valence-electron chi connectivity index (χ0n) is 5.40. The highest BCUT2D eigenvalue weighted by molar-refractivity contribution is 9.13. The molecule has 54 valence electrons. The van der Waals surface area contributed by atoms with Crippen LogP contribution >= 0.6 is 44.3 Å². The molecule has 1 rings (SSSR count). The molecule has 0 aromatic heterocycles. The van der Waals surface area contributed by atoms with Crippen LogP contribution in [-0.2, 0) is 0 Å². The van der Waals surface area contributed by atoms with Crippen LogP contribution in [0.2, 0.25) is 0 Å². The first-order valence-corrected chi connectivity index (χ1v) is 5.21. The van der Waals surface area contributed by atoms with Crippen molar-refractivity contribution in [2.75, 3.05) is 0 Å². The summed E-state index contributed by atoms with van der Waals surface area (Å²) in [5, 5.41) is 0. The van der Waals surface area contributed by atoms with Gasteiger partial charge in [-0.2, -0.15) is 0 Å². The lowest BCUT2D eigenvalue weighted by atomic mass is 10.4. The minimum absolute atomic E-state index is 0. The van der Waals surface area contributed by atoms with Crippen LogP contribution in [-0.4, -0.2) is 16.3 Å². The van der Waals surface area contributed by atoms with Crippen molar-refractivity contribution in [3.05, 3.63) is 27.1 Å². The van der Waals surface area contributed by atoms with Crippen molar-refractivity contribution in [1.82, 2.24) is 0 Å². The van der Waals surface area contributed by atoms with Gasteiger partial charge in [-0.3, -0.25) is 0 Å². The lowest BCUT2D eigenvalue weighted by Gasteiger charge is -1.97. The van der Waals surface area contributed by atoms with E-state index in [2.05, 4.69) is 44.0 Å². The molecule has 0 amide bonds. The normalized spacial score (nSPS) is 8.60. The molecule has 0 radical (unpaired) electrons. The zero-order chi connectivity index (χ0) is 6.85. The van der Waals surface area contributed by atoms with Gasteiger partial charge in [0.15, 0.2) is 0 Å². The summed E-state index contributed by atoms with van der Waals surface area (Å²) in [7, 11) is 0. The van der Waals surface area contributed by atoms with Crippen LogP contribution in [0.4, 0.5) is 0 Å². The minimum atomic E-state index is 0. The molecule has 0 heterocycles. The van der Waals surface area contributed by atoms with Crippen LogP contribution in [0.15, 0.2) is 27.1 Å². The summed E-state index contributed by atoms with van der Waals surface area (Å²) in [6, 6.07) is 6.21. The highest BCUT2D eigenvalue weighted by Gasteiger charge is 1.95. The number of hydrogen-bond acceptors (Lipinski definition) is 0. The van der Waals surface area contributed by atoms with Gasteiger partial charge in [0, 0.05) is 8.95 Å². The Balaban J connectivity index is 0.000000810. The standard InChI is InChI=1S/C6H3Br2.Al.ClH.2H/c7-5-3-1-2-4-6(5)8;;;;/h1-3H;;1H;;. The van der Waals surface area contributed by atoms with E-state index in [0.717, 1.165) is 20.8 Å². The number of halogens is 3. The molecule has 0 bridgehead atoms. The molecular formula is C6H6AlBr2Cl. The molecule has 0 atom stereocenters. The fraction of sp³-hybridized carbons (Fsp3) is 0. The van der Waals surface area contributed by atoms with Crippen LogP contribution in [0.3, 0.4) is 0 Å². The summed E-state index contributed by atoms with van der Waals surface area (Å²) in [5.41, 5.74) is 0. The SMILES string of the molecule is Cl.[AlH2][c]1cccc(Br)c1Br. The molecule has 0 saturated carbocycles. The molecule has 0 saturated heterocycles.